The molecule has 2 N–H and O–H groups in total. The molecule has 0 aliphatic carbocycles. The fourth-order valence-electron chi connectivity index (χ4n) is 1.63. The van der Waals surface area contributed by atoms with E-state index in [-0.39, 0.29) is 19.1 Å². The van der Waals surface area contributed by atoms with Crippen molar-refractivity contribution in [3.8, 4) is 5.75 Å². The van der Waals surface area contributed by atoms with Gasteiger partial charge in [0, 0.05) is 13.2 Å². The maximum Gasteiger partial charge on any atom is 0.257 e. The second-order valence-electron chi connectivity index (χ2n) is 4.60. The molecular weight excluding hydrogens is 258 g/mol. The van der Waals surface area contributed by atoms with E-state index in [0.29, 0.717) is 19.8 Å². The highest BCUT2D eigenvalue weighted by molar-refractivity contribution is 5.77. The van der Waals surface area contributed by atoms with Gasteiger partial charge in [-0.05, 0) is 37.5 Å². The molecule has 0 aliphatic heterocycles. The lowest BCUT2D eigenvalue weighted by Crippen LogP contribution is -2.30. The van der Waals surface area contributed by atoms with Crippen LogP contribution in [0.4, 0.5) is 0 Å². The third-order valence-electron chi connectivity index (χ3n) is 2.73. The van der Waals surface area contributed by atoms with Crippen molar-refractivity contribution < 1.29 is 19.4 Å². The normalized spacial score (nSPS) is 10.3. The first-order valence-corrected chi connectivity index (χ1v) is 6.79. The van der Waals surface area contributed by atoms with Crippen LogP contribution in [-0.4, -0.2) is 44.0 Å². The Morgan fingerprint density at radius 3 is 2.85 bits per heavy atom. The predicted octanol–water partition coefficient (Wildman–Crippen LogP) is 1.20. The van der Waals surface area contributed by atoms with Gasteiger partial charge in [0.2, 0.25) is 0 Å². The summed E-state index contributed by atoms with van der Waals surface area (Å²) in [5, 5.41) is 11.3. The van der Waals surface area contributed by atoms with E-state index in [1.165, 1.54) is 0 Å². The number of ether oxygens (including phenoxy) is 2. The van der Waals surface area contributed by atoms with Gasteiger partial charge in [0.15, 0.2) is 6.61 Å². The first kappa shape index (κ1) is 16.5. The van der Waals surface area contributed by atoms with E-state index in [0.717, 1.165) is 23.3 Å². The summed E-state index contributed by atoms with van der Waals surface area (Å²) in [7, 11) is 0. The number of hydrogen-bond acceptors (Lipinski definition) is 4. The zero-order chi connectivity index (χ0) is 14.8. The third-order valence-corrected chi connectivity index (χ3v) is 2.73. The van der Waals surface area contributed by atoms with Gasteiger partial charge in [-0.1, -0.05) is 12.1 Å². The molecule has 5 heteroatoms. The van der Waals surface area contributed by atoms with Crippen molar-refractivity contribution in [2.75, 3.05) is 33.0 Å². The van der Waals surface area contributed by atoms with Gasteiger partial charge in [0.1, 0.15) is 5.75 Å². The molecule has 112 valence electrons. The lowest BCUT2D eigenvalue weighted by atomic mass is 10.1. The Labute approximate surface area is 119 Å². The smallest absolute Gasteiger partial charge is 0.257 e. The summed E-state index contributed by atoms with van der Waals surface area (Å²) in [4.78, 5) is 11.6. The summed E-state index contributed by atoms with van der Waals surface area (Å²) in [6.45, 7) is 5.38. The molecule has 5 nitrogen and oxygen atoms in total. The van der Waals surface area contributed by atoms with Crippen LogP contribution in [-0.2, 0) is 9.53 Å². The number of nitrogens with one attached hydrogen (secondary N) is 1. The van der Waals surface area contributed by atoms with Crippen molar-refractivity contribution in [1.82, 2.24) is 5.32 Å². The van der Waals surface area contributed by atoms with Crippen LogP contribution < -0.4 is 10.1 Å². The van der Waals surface area contributed by atoms with E-state index in [2.05, 4.69) is 5.32 Å². The molecule has 0 radical (unpaired) electrons. The van der Waals surface area contributed by atoms with Crippen LogP contribution in [0, 0.1) is 13.8 Å². The highest BCUT2D eigenvalue weighted by Crippen LogP contribution is 2.18. The van der Waals surface area contributed by atoms with Gasteiger partial charge in [-0.3, -0.25) is 4.79 Å². The molecule has 0 fully saturated rings. The van der Waals surface area contributed by atoms with E-state index in [9.17, 15) is 4.79 Å². The highest BCUT2D eigenvalue weighted by atomic mass is 16.5. The highest BCUT2D eigenvalue weighted by Gasteiger charge is 2.04. The molecule has 1 amide bonds. The monoisotopic (exact) mass is 281 g/mol. The number of hydrogen-bond donors (Lipinski definition) is 2. The molecule has 0 bridgehead atoms. The minimum absolute atomic E-state index is 0.0157. The largest absolute Gasteiger partial charge is 0.483 e. The SMILES string of the molecule is Cc1ccc(C)c(OCC(=O)NCCCOCCO)c1. The van der Waals surface area contributed by atoms with Crippen molar-refractivity contribution in [1.29, 1.82) is 0 Å². The first-order valence-electron chi connectivity index (χ1n) is 6.79. The lowest BCUT2D eigenvalue weighted by Gasteiger charge is -2.10. The summed E-state index contributed by atoms with van der Waals surface area (Å²) < 4.78 is 10.6. The second kappa shape index (κ2) is 9.34. The topological polar surface area (TPSA) is 67.8 Å². The predicted molar refractivity (Wildman–Crippen MR) is 76.9 cm³/mol. The number of carbonyl (C=O) groups excluding carboxylic acids is 1. The number of carbonyl (C=O) groups is 1. The number of aliphatic hydroxyl groups excluding tert-OH is 1. The first-order chi connectivity index (χ1) is 9.63. The average Bonchev–Trinajstić information content (AvgIpc) is 2.43. The molecule has 0 atom stereocenters. The van der Waals surface area contributed by atoms with Crippen molar-refractivity contribution >= 4 is 5.91 Å². The Balaban J connectivity index is 2.18. The van der Waals surface area contributed by atoms with Crippen molar-refractivity contribution in [3.63, 3.8) is 0 Å². The van der Waals surface area contributed by atoms with E-state index in [1.807, 2.05) is 32.0 Å². The molecule has 0 spiro atoms. The number of benzene rings is 1. The Morgan fingerprint density at radius 1 is 1.30 bits per heavy atom. The van der Waals surface area contributed by atoms with Crippen LogP contribution in [0.15, 0.2) is 18.2 Å². The number of aryl methyl sites for hydroxylation is 2. The molecule has 20 heavy (non-hydrogen) atoms. The van der Waals surface area contributed by atoms with Crippen molar-refractivity contribution in [2.45, 2.75) is 20.3 Å². The van der Waals surface area contributed by atoms with Crippen LogP contribution >= 0.6 is 0 Å². The number of rotatable bonds is 9. The van der Waals surface area contributed by atoms with Gasteiger partial charge in [0.25, 0.3) is 5.91 Å². The summed E-state index contributed by atoms with van der Waals surface area (Å²) >= 11 is 0. The van der Waals surface area contributed by atoms with E-state index in [4.69, 9.17) is 14.6 Å². The van der Waals surface area contributed by atoms with Crippen LogP contribution in [0.3, 0.4) is 0 Å². The molecule has 0 aromatic heterocycles. The fraction of sp³-hybridized carbons (Fsp3) is 0.533. The molecule has 0 saturated carbocycles. The van der Waals surface area contributed by atoms with Gasteiger partial charge in [-0.2, -0.15) is 0 Å². The van der Waals surface area contributed by atoms with Crippen molar-refractivity contribution in [2.24, 2.45) is 0 Å². The van der Waals surface area contributed by atoms with Gasteiger partial charge < -0.3 is 19.9 Å². The summed E-state index contributed by atoms with van der Waals surface area (Å²) in [6.07, 6.45) is 0.717. The summed E-state index contributed by atoms with van der Waals surface area (Å²) in [5.41, 5.74) is 2.12. The fourth-order valence-corrected chi connectivity index (χ4v) is 1.63. The van der Waals surface area contributed by atoms with Gasteiger partial charge in [0.05, 0.1) is 13.2 Å². The summed E-state index contributed by atoms with van der Waals surface area (Å²) in [6, 6.07) is 5.90. The Kier molecular flexibility index (Phi) is 7.69. The van der Waals surface area contributed by atoms with Crippen LogP contribution in [0.1, 0.15) is 17.5 Å². The Hall–Kier alpha value is -1.59. The molecule has 0 aliphatic rings. The molecule has 1 aromatic carbocycles. The lowest BCUT2D eigenvalue weighted by molar-refractivity contribution is -0.123. The standard InChI is InChI=1S/C15H23NO4/c1-12-4-5-13(2)14(10-12)20-11-15(18)16-6-3-8-19-9-7-17/h4-5,10,17H,3,6-9,11H2,1-2H3,(H,16,18). The van der Waals surface area contributed by atoms with E-state index in [1.54, 1.807) is 0 Å². The second-order valence-corrected chi connectivity index (χ2v) is 4.60. The molecule has 0 heterocycles. The Bertz CT molecular complexity index is 420. The van der Waals surface area contributed by atoms with Gasteiger partial charge in [-0.15, -0.1) is 0 Å². The average molecular weight is 281 g/mol. The maximum absolute atomic E-state index is 11.6. The maximum atomic E-state index is 11.6. The minimum Gasteiger partial charge on any atom is -0.483 e. The molecule has 0 unspecified atom stereocenters. The molecule has 1 rings (SSSR count). The quantitative estimate of drug-likeness (QED) is 0.667. The Morgan fingerprint density at radius 2 is 2.10 bits per heavy atom. The zero-order valence-corrected chi connectivity index (χ0v) is 12.1. The molecular formula is C15H23NO4. The van der Waals surface area contributed by atoms with Gasteiger partial charge >= 0.3 is 0 Å². The third kappa shape index (κ3) is 6.54. The van der Waals surface area contributed by atoms with E-state index >= 15 is 0 Å². The minimum atomic E-state index is -0.145. The summed E-state index contributed by atoms with van der Waals surface area (Å²) in [5.74, 6) is 0.597. The number of amides is 1. The van der Waals surface area contributed by atoms with E-state index < -0.39 is 0 Å². The van der Waals surface area contributed by atoms with Crippen LogP contribution in [0.5, 0.6) is 5.75 Å². The van der Waals surface area contributed by atoms with Crippen LogP contribution in [0.25, 0.3) is 0 Å². The molecule has 1 aromatic rings. The van der Waals surface area contributed by atoms with Crippen molar-refractivity contribution in [3.05, 3.63) is 29.3 Å². The number of aliphatic hydroxyl groups is 1. The van der Waals surface area contributed by atoms with Crippen LogP contribution in [0.2, 0.25) is 0 Å². The van der Waals surface area contributed by atoms with Gasteiger partial charge in [-0.25, -0.2) is 0 Å². The zero-order valence-electron chi connectivity index (χ0n) is 12.1. The molecule has 0 saturated heterocycles.